The van der Waals surface area contributed by atoms with Crippen LogP contribution in [0.4, 0.5) is 19.6 Å². The van der Waals surface area contributed by atoms with Crippen molar-refractivity contribution in [3.63, 3.8) is 0 Å². The molecule has 1 saturated heterocycles. The molecule has 3 rings (SSSR count). The maximum atomic E-state index is 12.5. The minimum absolute atomic E-state index is 0.0904. The van der Waals surface area contributed by atoms with Crippen molar-refractivity contribution < 1.29 is 13.5 Å². The quantitative estimate of drug-likeness (QED) is 0.719. The fourth-order valence-electron chi connectivity index (χ4n) is 2.64. The maximum Gasteiger partial charge on any atom is 0.287 e. The molecule has 0 N–H and O–H groups in total. The monoisotopic (exact) mass is 406 g/mol. The molecule has 0 bridgehead atoms. The van der Waals surface area contributed by atoms with Crippen molar-refractivity contribution in [1.29, 1.82) is 0 Å². The molecule has 3 heterocycles. The van der Waals surface area contributed by atoms with Crippen LogP contribution in [0.15, 0.2) is 11.0 Å². The van der Waals surface area contributed by atoms with Gasteiger partial charge in [-0.2, -0.15) is 9.47 Å². The maximum absolute atomic E-state index is 12.5. The summed E-state index contributed by atoms with van der Waals surface area (Å²) in [4.78, 5) is 20.5. The van der Waals surface area contributed by atoms with E-state index in [1.54, 1.807) is 7.11 Å². The number of rotatable bonds is 6. The summed E-state index contributed by atoms with van der Waals surface area (Å²) in [5.41, 5.74) is -0.251. The van der Waals surface area contributed by atoms with Gasteiger partial charge in [0.25, 0.3) is 12.0 Å². The van der Waals surface area contributed by atoms with Crippen molar-refractivity contribution in [3.8, 4) is 0 Å². The number of hydrogen-bond acceptors (Lipinski definition) is 8. The molecule has 0 radical (unpaired) electrons. The van der Waals surface area contributed by atoms with Crippen LogP contribution in [0.3, 0.4) is 0 Å². The van der Waals surface area contributed by atoms with Crippen LogP contribution in [0.1, 0.15) is 5.82 Å². The lowest BCUT2D eigenvalue weighted by Crippen LogP contribution is -2.47. The second-order valence-corrected chi connectivity index (χ2v) is 6.73. The number of aromatic nitrogens is 4. The lowest BCUT2D eigenvalue weighted by atomic mass is 10.3. The number of alkyl halides is 2. The minimum Gasteiger partial charge on any atom is -0.377 e. The Morgan fingerprint density at radius 2 is 2.00 bits per heavy atom. The Balaban J connectivity index is 1.67. The number of nitrogens with zero attached hydrogens (tertiary/aromatic N) is 6. The van der Waals surface area contributed by atoms with Gasteiger partial charge in [0.15, 0.2) is 5.82 Å². The first-order valence-corrected chi connectivity index (χ1v) is 9.00. The Labute approximate surface area is 157 Å². The summed E-state index contributed by atoms with van der Waals surface area (Å²) in [5.74, 6) is 0.643. The Hall–Kier alpha value is -1.85. The van der Waals surface area contributed by atoms with Crippen molar-refractivity contribution >= 4 is 34.0 Å². The highest BCUT2D eigenvalue weighted by Gasteiger charge is 2.23. The summed E-state index contributed by atoms with van der Waals surface area (Å²) in [7, 11) is 1.59. The number of anilines is 2. The van der Waals surface area contributed by atoms with E-state index < -0.39 is 18.5 Å². The molecule has 0 unspecified atom stereocenters. The van der Waals surface area contributed by atoms with Crippen LogP contribution in [0, 0.1) is 0 Å². The zero-order chi connectivity index (χ0) is 18.7. The second-order valence-electron chi connectivity index (χ2n) is 5.62. The van der Waals surface area contributed by atoms with Crippen LogP contribution in [0.2, 0.25) is 5.02 Å². The van der Waals surface area contributed by atoms with Gasteiger partial charge in [-0.05, 0) is 0 Å². The third-order valence-electron chi connectivity index (χ3n) is 3.90. The van der Waals surface area contributed by atoms with Crippen molar-refractivity contribution in [3.05, 3.63) is 27.4 Å². The lowest BCUT2D eigenvalue weighted by Gasteiger charge is -2.35. The molecular weight excluding hydrogens is 390 g/mol. The first-order valence-electron chi connectivity index (χ1n) is 7.84. The van der Waals surface area contributed by atoms with Gasteiger partial charge in [0, 0.05) is 44.8 Å². The highest BCUT2D eigenvalue weighted by Crippen LogP contribution is 2.25. The number of halogens is 3. The Bertz CT molecular complexity index is 809. The number of piperazine rings is 1. The summed E-state index contributed by atoms with van der Waals surface area (Å²) in [6.07, 6.45) is -1.30. The molecule has 0 aliphatic carbocycles. The highest BCUT2D eigenvalue weighted by atomic mass is 35.5. The molecule has 0 atom stereocenters. The van der Waals surface area contributed by atoms with Crippen molar-refractivity contribution in [1.82, 2.24) is 19.1 Å². The molecule has 142 valence electrons. The van der Waals surface area contributed by atoms with E-state index in [4.69, 9.17) is 16.3 Å². The largest absolute Gasteiger partial charge is 0.377 e. The molecular formula is C14H17ClF2N6O2S. The Kier molecular flexibility index (Phi) is 5.99. The molecule has 2 aromatic heterocycles. The summed E-state index contributed by atoms with van der Waals surface area (Å²) < 4.78 is 34.9. The summed E-state index contributed by atoms with van der Waals surface area (Å²) in [6.45, 7) is 2.12. The van der Waals surface area contributed by atoms with Crippen LogP contribution in [0.5, 0.6) is 0 Å². The zero-order valence-electron chi connectivity index (χ0n) is 13.9. The average molecular weight is 407 g/mol. The van der Waals surface area contributed by atoms with Gasteiger partial charge in [-0.15, -0.1) is 0 Å². The van der Waals surface area contributed by atoms with Crippen LogP contribution >= 0.6 is 23.1 Å². The third-order valence-corrected chi connectivity index (χ3v) is 5.07. The van der Waals surface area contributed by atoms with Gasteiger partial charge in [-0.1, -0.05) is 11.6 Å². The molecule has 2 aromatic rings. The Morgan fingerprint density at radius 1 is 1.31 bits per heavy atom. The van der Waals surface area contributed by atoms with E-state index in [9.17, 15) is 13.6 Å². The van der Waals surface area contributed by atoms with Crippen molar-refractivity contribution in [2.45, 2.75) is 19.6 Å². The van der Waals surface area contributed by atoms with Gasteiger partial charge < -0.3 is 14.5 Å². The third kappa shape index (κ3) is 4.10. The number of hydrogen-bond donors (Lipinski definition) is 0. The van der Waals surface area contributed by atoms with Gasteiger partial charge in [-0.3, -0.25) is 4.79 Å². The van der Waals surface area contributed by atoms with Gasteiger partial charge >= 0.3 is 0 Å². The standard InChI is InChI=1S/C14H17ClF2N6O2S/c1-25-8-11-19-14(26-20-11)22-4-2-21(3-5-22)9-6-18-23(7-10(16)17)13(24)12(9)15/h6,10H,2-5,7-8H2,1H3. The lowest BCUT2D eigenvalue weighted by molar-refractivity contribution is 0.119. The van der Waals surface area contributed by atoms with E-state index in [0.717, 1.165) is 5.13 Å². The minimum atomic E-state index is -2.67. The molecule has 26 heavy (non-hydrogen) atoms. The van der Waals surface area contributed by atoms with Gasteiger partial charge in [0.2, 0.25) is 5.13 Å². The normalized spacial score (nSPS) is 15.1. The summed E-state index contributed by atoms with van der Waals surface area (Å²) >= 11 is 7.41. The molecule has 8 nitrogen and oxygen atoms in total. The Morgan fingerprint density at radius 3 is 2.65 bits per heavy atom. The van der Waals surface area contributed by atoms with Crippen LogP contribution in [0.25, 0.3) is 0 Å². The average Bonchev–Trinajstić information content (AvgIpc) is 3.08. The second kappa shape index (κ2) is 8.23. The first kappa shape index (κ1) is 18.9. The smallest absolute Gasteiger partial charge is 0.287 e. The van der Waals surface area contributed by atoms with E-state index in [2.05, 4.69) is 19.4 Å². The molecule has 0 amide bonds. The molecule has 0 spiro atoms. The van der Waals surface area contributed by atoms with Gasteiger partial charge in [0.05, 0.1) is 11.9 Å². The molecule has 1 aliphatic heterocycles. The fraction of sp³-hybridized carbons (Fsp3) is 0.571. The molecule has 1 aliphatic rings. The van der Waals surface area contributed by atoms with Gasteiger partial charge in [-0.25, -0.2) is 18.4 Å². The molecule has 1 fully saturated rings. The summed E-state index contributed by atoms with van der Waals surface area (Å²) in [5, 5.41) is 4.53. The van der Waals surface area contributed by atoms with E-state index in [1.165, 1.54) is 17.7 Å². The van der Waals surface area contributed by atoms with Crippen LogP contribution < -0.4 is 15.4 Å². The van der Waals surface area contributed by atoms with E-state index in [1.807, 2.05) is 4.90 Å². The number of ether oxygens (including phenoxy) is 1. The SMILES string of the molecule is COCc1nsc(N2CCN(c3cnn(CC(F)F)c(=O)c3Cl)CC2)n1. The number of methoxy groups -OCH3 is 1. The predicted octanol–water partition coefficient (Wildman–Crippen LogP) is 1.49. The fourth-order valence-corrected chi connectivity index (χ4v) is 3.63. The topological polar surface area (TPSA) is 76.4 Å². The molecule has 0 aromatic carbocycles. The van der Waals surface area contributed by atoms with E-state index in [0.29, 0.717) is 49.0 Å². The van der Waals surface area contributed by atoms with E-state index >= 15 is 0 Å². The highest BCUT2D eigenvalue weighted by molar-refractivity contribution is 7.09. The van der Waals surface area contributed by atoms with Crippen LogP contribution in [-0.4, -0.2) is 58.9 Å². The zero-order valence-corrected chi connectivity index (χ0v) is 15.5. The first-order chi connectivity index (χ1) is 12.5. The van der Waals surface area contributed by atoms with Gasteiger partial charge in [0.1, 0.15) is 18.2 Å². The summed E-state index contributed by atoms with van der Waals surface area (Å²) in [6, 6.07) is 0. The van der Waals surface area contributed by atoms with E-state index in [-0.39, 0.29) is 5.02 Å². The van der Waals surface area contributed by atoms with Crippen LogP contribution in [-0.2, 0) is 17.9 Å². The molecule has 0 saturated carbocycles. The van der Waals surface area contributed by atoms with Crippen molar-refractivity contribution in [2.75, 3.05) is 43.1 Å². The van der Waals surface area contributed by atoms with Crippen molar-refractivity contribution in [2.24, 2.45) is 0 Å². The molecule has 12 heteroatoms. The predicted molar refractivity (Wildman–Crippen MR) is 94.6 cm³/mol.